The van der Waals surface area contributed by atoms with Crippen molar-refractivity contribution in [1.82, 2.24) is 0 Å². The minimum atomic E-state index is 0.307. The first-order valence-electron chi connectivity index (χ1n) is 3.34. The summed E-state index contributed by atoms with van der Waals surface area (Å²) in [6, 6.07) is 2.13. The summed E-state index contributed by atoms with van der Waals surface area (Å²) >= 11 is 0. The molecule has 2 nitrogen and oxygen atoms in total. The molecule has 1 aliphatic carbocycles. The highest BCUT2D eigenvalue weighted by atomic mass is 16.3. The van der Waals surface area contributed by atoms with Crippen molar-refractivity contribution in [2.24, 2.45) is 11.8 Å². The molecule has 1 rings (SSSR count). The molecule has 0 aliphatic heterocycles. The van der Waals surface area contributed by atoms with Crippen LogP contribution in [0, 0.1) is 23.2 Å². The summed E-state index contributed by atoms with van der Waals surface area (Å²) in [5.74, 6) is 1.09. The van der Waals surface area contributed by atoms with E-state index in [1.807, 2.05) is 0 Å². The first-order valence-corrected chi connectivity index (χ1v) is 3.34. The second-order valence-corrected chi connectivity index (χ2v) is 2.75. The fourth-order valence-corrected chi connectivity index (χ4v) is 1.32. The zero-order valence-electron chi connectivity index (χ0n) is 5.38. The van der Waals surface area contributed by atoms with E-state index in [0.29, 0.717) is 24.9 Å². The van der Waals surface area contributed by atoms with Crippen LogP contribution in [0.2, 0.25) is 0 Å². The molecule has 0 bridgehead atoms. The molecule has 0 aromatic rings. The smallest absolute Gasteiger partial charge is 0.0624 e. The molecule has 1 fully saturated rings. The van der Waals surface area contributed by atoms with Gasteiger partial charge in [0.2, 0.25) is 0 Å². The fourth-order valence-electron chi connectivity index (χ4n) is 1.32. The summed E-state index contributed by atoms with van der Waals surface area (Å²) in [5, 5.41) is 16.8. The van der Waals surface area contributed by atoms with Crippen LogP contribution in [0.4, 0.5) is 0 Å². The van der Waals surface area contributed by atoms with E-state index in [-0.39, 0.29) is 0 Å². The minimum absolute atomic E-state index is 0.307. The van der Waals surface area contributed by atoms with Crippen molar-refractivity contribution in [3.63, 3.8) is 0 Å². The second-order valence-electron chi connectivity index (χ2n) is 2.75. The average Bonchev–Trinajstić information content (AvgIpc) is 1.77. The maximum absolute atomic E-state index is 8.59. The van der Waals surface area contributed by atoms with Gasteiger partial charge in [-0.05, 0) is 24.7 Å². The topological polar surface area (TPSA) is 44.0 Å². The molecule has 1 aliphatic rings. The Bertz CT molecular complexity index is 121. The number of aliphatic hydroxyl groups excluding tert-OH is 1. The summed E-state index contributed by atoms with van der Waals surface area (Å²) < 4.78 is 0. The van der Waals surface area contributed by atoms with E-state index in [9.17, 15) is 0 Å². The molecule has 0 aromatic heterocycles. The molecule has 0 unspecified atom stereocenters. The largest absolute Gasteiger partial charge is 0.396 e. The number of nitriles is 1. The molecule has 0 saturated heterocycles. The Morgan fingerprint density at radius 2 is 2.11 bits per heavy atom. The highest BCUT2D eigenvalue weighted by Gasteiger charge is 2.27. The van der Waals surface area contributed by atoms with Gasteiger partial charge >= 0.3 is 0 Å². The quantitative estimate of drug-likeness (QED) is 0.596. The Labute approximate surface area is 55.1 Å². The van der Waals surface area contributed by atoms with Crippen LogP contribution in [0.5, 0.6) is 0 Å². The predicted octanol–water partition coefficient (Wildman–Crippen LogP) is 0.919. The molecular formula is C7H11NO. The third-order valence-corrected chi connectivity index (χ3v) is 1.97. The van der Waals surface area contributed by atoms with Gasteiger partial charge in [-0.2, -0.15) is 5.26 Å². The number of hydrogen-bond acceptors (Lipinski definition) is 2. The van der Waals surface area contributed by atoms with Gasteiger partial charge in [0.1, 0.15) is 0 Å². The van der Waals surface area contributed by atoms with Crippen LogP contribution in [0.25, 0.3) is 0 Å². The number of nitrogens with zero attached hydrogens (tertiary/aromatic N) is 1. The lowest BCUT2D eigenvalue weighted by atomic mass is 9.74. The third-order valence-electron chi connectivity index (χ3n) is 1.97. The molecule has 9 heavy (non-hydrogen) atoms. The van der Waals surface area contributed by atoms with Gasteiger partial charge in [0, 0.05) is 13.0 Å². The van der Waals surface area contributed by atoms with E-state index in [0.717, 1.165) is 12.8 Å². The van der Waals surface area contributed by atoms with E-state index < -0.39 is 0 Å². The van der Waals surface area contributed by atoms with Gasteiger partial charge in [0.25, 0.3) is 0 Å². The summed E-state index contributed by atoms with van der Waals surface area (Å²) in [6.45, 7) is 0.307. The van der Waals surface area contributed by atoms with Gasteiger partial charge < -0.3 is 5.11 Å². The normalized spacial score (nSPS) is 32.9. The average molecular weight is 125 g/mol. The van der Waals surface area contributed by atoms with Gasteiger partial charge in [0.15, 0.2) is 0 Å². The molecule has 0 radical (unpaired) electrons. The molecule has 1 saturated carbocycles. The third kappa shape index (κ3) is 1.43. The lowest BCUT2D eigenvalue weighted by molar-refractivity contribution is 0.110. The van der Waals surface area contributed by atoms with E-state index in [4.69, 9.17) is 10.4 Å². The summed E-state index contributed by atoms with van der Waals surface area (Å²) in [5.41, 5.74) is 0. The second kappa shape index (κ2) is 2.84. The lowest BCUT2D eigenvalue weighted by Crippen LogP contribution is -2.25. The highest BCUT2D eigenvalue weighted by molar-refractivity contribution is 4.85. The van der Waals surface area contributed by atoms with Crippen molar-refractivity contribution in [1.29, 1.82) is 5.26 Å². The molecule has 0 aromatic carbocycles. The van der Waals surface area contributed by atoms with Crippen molar-refractivity contribution in [2.45, 2.75) is 19.3 Å². The summed E-state index contributed by atoms with van der Waals surface area (Å²) in [6.07, 6.45) is 2.80. The van der Waals surface area contributed by atoms with Gasteiger partial charge in [0.05, 0.1) is 6.07 Å². The number of rotatable bonds is 2. The van der Waals surface area contributed by atoms with Crippen LogP contribution in [0.1, 0.15) is 19.3 Å². The van der Waals surface area contributed by atoms with Crippen LogP contribution in [0.3, 0.4) is 0 Å². The summed E-state index contributed by atoms with van der Waals surface area (Å²) in [7, 11) is 0. The highest BCUT2D eigenvalue weighted by Crippen LogP contribution is 2.34. The Morgan fingerprint density at radius 1 is 1.44 bits per heavy atom. The Balaban J connectivity index is 2.06. The maximum Gasteiger partial charge on any atom is 0.0624 e. The Morgan fingerprint density at radius 3 is 2.56 bits per heavy atom. The molecular weight excluding hydrogens is 114 g/mol. The van der Waals surface area contributed by atoms with Gasteiger partial charge in [-0.15, -0.1) is 0 Å². The number of aliphatic hydroxyl groups is 1. The molecule has 1 N–H and O–H groups in total. The first-order chi connectivity index (χ1) is 4.36. The van der Waals surface area contributed by atoms with Crippen molar-refractivity contribution in [3.8, 4) is 6.07 Å². The Kier molecular flexibility index (Phi) is 2.07. The molecule has 0 amide bonds. The van der Waals surface area contributed by atoms with Crippen molar-refractivity contribution >= 4 is 0 Å². The zero-order chi connectivity index (χ0) is 6.69. The van der Waals surface area contributed by atoms with Crippen LogP contribution in [-0.4, -0.2) is 11.7 Å². The van der Waals surface area contributed by atoms with Crippen molar-refractivity contribution < 1.29 is 5.11 Å². The molecule has 2 heteroatoms. The van der Waals surface area contributed by atoms with Gasteiger partial charge in [-0.1, -0.05) is 0 Å². The lowest BCUT2D eigenvalue weighted by Gasteiger charge is -2.32. The maximum atomic E-state index is 8.59. The zero-order valence-corrected chi connectivity index (χ0v) is 5.38. The predicted molar refractivity (Wildman–Crippen MR) is 33.5 cm³/mol. The minimum Gasteiger partial charge on any atom is -0.396 e. The van der Waals surface area contributed by atoms with Crippen LogP contribution in [0.15, 0.2) is 0 Å². The SMILES string of the molecule is N#CCC1CC(CO)C1. The molecule has 0 atom stereocenters. The van der Waals surface area contributed by atoms with Gasteiger partial charge in [-0.25, -0.2) is 0 Å². The van der Waals surface area contributed by atoms with E-state index in [2.05, 4.69) is 6.07 Å². The Hall–Kier alpha value is -0.550. The van der Waals surface area contributed by atoms with Crippen LogP contribution < -0.4 is 0 Å². The van der Waals surface area contributed by atoms with Gasteiger partial charge in [-0.3, -0.25) is 0 Å². The van der Waals surface area contributed by atoms with Crippen LogP contribution >= 0.6 is 0 Å². The van der Waals surface area contributed by atoms with E-state index in [1.165, 1.54) is 0 Å². The molecule has 0 heterocycles. The monoisotopic (exact) mass is 125 g/mol. The first kappa shape index (κ1) is 6.57. The van der Waals surface area contributed by atoms with E-state index in [1.54, 1.807) is 0 Å². The number of hydrogen-bond donors (Lipinski definition) is 1. The fraction of sp³-hybridized carbons (Fsp3) is 0.857. The van der Waals surface area contributed by atoms with Crippen molar-refractivity contribution in [3.05, 3.63) is 0 Å². The van der Waals surface area contributed by atoms with Crippen LogP contribution in [-0.2, 0) is 0 Å². The standard InChI is InChI=1S/C7H11NO/c8-2-1-6-3-7(4-6)5-9/h6-7,9H,1,3-5H2. The van der Waals surface area contributed by atoms with Crippen molar-refractivity contribution in [2.75, 3.05) is 6.61 Å². The molecule has 0 spiro atoms. The summed E-state index contributed by atoms with van der Waals surface area (Å²) in [4.78, 5) is 0. The van der Waals surface area contributed by atoms with E-state index >= 15 is 0 Å². The molecule has 50 valence electrons.